The fourth-order valence-corrected chi connectivity index (χ4v) is 4.47. The highest BCUT2D eigenvalue weighted by molar-refractivity contribution is 6.31. The largest absolute Gasteiger partial charge is 0.434 e. The lowest BCUT2D eigenvalue weighted by atomic mass is 10.0. The molecule has 0 unspecified atom stereocenters. The van der Waals surface area contributed by atoms with Gasteiger partial charge in [0.05, 0.1) is 11.3 Å². The van der Waals surface area contributed by atoms with E-state index >= 15 is 0 Å². The predicted octanol–water partition coefficient (Wildman–Crippen LogP) is 4.48. The Morgan fingerprint density at radius 1 is 1.14 bits per heavy atom. The Morgan fingerprint density at radius 3 is 2.35 bits per heavy atom. The summed E-state index contributed by atoms with van der Waals surface area (Å²) in [5.41, 5.74) is 6.77. The number of hydrogen-bond donors (Lipinski definition) is 1. The number of ether oxygens (including phenoxy) is 1. The van der Waals surface area contributed by atoms with Crippen LogP contribution < -0.4 is 10.5 Å². The molecule has 1 aliphatic heterocycles. The highest BCUT2D eigenvalue weighted by Crippen LogP contribution is 2.35. The third-order valence-electron chi connectivity index (χ3n) is 6.25. The molecule has 0 spiro atoms. The van der Waals surface area contributed by atoms with E-state index in [0.29, 0.717) is 30.4 Å². The summed E-state index contributed by atoms with van der Waals surface area (Å²) in [6, 6.07) is 11.3. The van der Waals surface area contributed by atoms with Crippen LogP contribution >= 0.6 is 24.0 Å². The third kappa shape index (κ3) is 6.38. The zero-order chi connectivity index (χ0) is 26.0. The van der Waals surface area contributed by atoms with Crippen LogP contribution in [0, 0.1) is 0 Å². The van der Waals surface area contributed by atoms with Gasteiger partial charge in [-0.1, -0.05) is 11.6 Å². The number of primary amides is 1. The molecule has 37 heavy (non-hydrogen) atoms. The highest BCUT2D eigenvalue weighted by atomic mass is 35.5. The van der Waals surface area contributed by atoms with Crippen molar-refractivity contribution in [2.75, 3.05) is 27.2 Å². The van der Waals surface area contributed by atoms with Crippen molar-refractivity contribution < 1.29 is 23.1 Å². The van der Waals surface area contributed by atoms with E-state index in [-0.39, 0.29) is 45.9 Å². The number of hydrogen-bond acceptors (Lipinski definition) is 5. The first-order chi connectivity index (χ1) is 17.1. The number of carbonyl (C=O) groups excluding carboxylic acids is 2. The van der Waals surface area contributed by atoms with Crippen LogP contribution in [0.3, 0.4) is 0 Å². The van der Waals surface area contributed by atoms with E-state index in [4.69, 9.17) is 17.3 Å². The molecule has 4 rings (SSSR count). The SMILES string of the molecule is CN(C)C1CCN(C(=O)c2ccc(-n3cc(C(N)=O)c(-c4cc(Cl)ccc4OC(F)F)n3)cc2)CC1.Cl. The van der Waals surface area contributed by atoms with Crippen molar-refractivity contribution in [2.45, 2.75) is 25.5 Å². The summed E-state index contributed by atoms with van der Waals surface area (Å²) >= 11 is 6.06. The van der Waals surface area contributed by atoms with Gasteiger partial charge in [0.25, 0.3) is 11.8 Å². The van der Waals surface area contributed by atoms with Crippen molar-refractivity contribution >= 4 is 35.8 Å². The molecule has 2 heterocycles. The fourth-order valence-electron chi connectivity index (χ4n) is 4.30. The summed E-state index contributed by atoms with van der Waals surface area (Å²) in [7, 11) is 4.09. The number of aromatic nitrogens is 2. The predicted molar refractivity (Wildman–Crippen MR) is 139 cm³/mol. The van der Waals surface area contributed by atoms with Crippen LogP contribution in [0.4, 0.5) is 8.78 Å². The first-order valence-corrected chi connectivity index (χ1v) is 11.7. The molecule has 1 aliphatic rings. The van der Waals surface area contributed by atoms with Gasteiger partial charge in [0.2, 0.25) is 0 Å². The molecule has 12 heteroatoms. The van der Waals surface area contributed by atoms with Crippen molar-refractivity contribution in [3.8, 4) is 22.7 Å². The molecule has 198 valence electrons. The molecule has 8 nitrogen and oxygen atoms in total. The Morgan fingerprint density at radius 2 is 1.78 bits per heavy atom. The minimum atomic E-state index is -3.08. The number of benzene rings is 2. The van der Waals surface area contributed by atoms with Gasteiger partial charge in [-0.25, -0.2) is 4.68 Å². The maximum absolute atomic E-state index is 13.0. The molecule has 1 saturated heterocycles. The first kappa shape index (κ1) is 28.4. The van der Waals surface area contributed by atoms with Gasteiger partial charge in [-0.05, 0) is 69.4 Å². The molecule has 0 aliphatic carbocycles. The minimum absolute atomic E-state index is 0. The van der Waals surface area contributed by atoms with E-state index < -0.39 is 12.5 Å². The Hall–Kier alpha value is -3.21. The molecule has 1 aromatic heterocycles. The molecule has 1 fully saturated rings. The Balaban J connectivity index is 0.00000380. The monoisotopic (exact) mass is 553 g/mol. The summed E-state index contributed by atoms with van der Waals surface area (Å²) in [5, 5.41) is 4.65. The average molecular weight is 554 g/mol. The number of rotatable bonds is 7. The second-order valence-electron chi connectivity index (χ2n) is 8.75. The normalized spacial score (nSPS) is 14.1. The molecule has 2 N–H and O–H groups in total. The number of amides is 2. The second-order valence-corrected chi connectivity index (χ2v) is 9.19. The lowest BCUT2D eigenvalue weighted by Crippen LogP contribution is -2.44. The molecule has 0 bridgehead atoms. The maximum Gasteiger partial charge on any atom is 0.387 e. The topological polar surface area (TPSA) is 93.7 Å². The van der Waals surface area contributed by atoms with Gasteiger partial charge in [-0.15, -0.1) is 12.4 Å². The molecular formula is C25H27Cl2F2N5O3. The van der Waals surface area contributed by atoms with Crippen molar-refractivity contribution in [3.05, 3.63) is 64.8 Å². The van der Waals surface area contributed by atoms with Crippen LogP contribution in [0.5, 0.6) is 5.75 Å². The van der Waals surface area contributed by atoms with Crippen LogP contribution in [0.1, 0.15) is 33.6 Å². The quantitative estimate of drug-likeness (QED) is 0.465. The van der Waals surface area contributed by atoms with E-state index in [1.807, 2.05) is 19.0 Å². The van der Waals surface area contributed by atoms with Gasteiger partial charge >= 0.3 is 6.61 Å². The highest BCUT2D eigenvalue weighted by Gasteiger charge is 2.25. The Bertz CT molecular complexity index is 1260. The van der Waals surface area contributed by atoms with E-state index in [1.165, 1.54) is 29.1 Å². The first-order valence-electron chi connectivity index (χ1n) is 11.3. The zero-order valence-electron chi connectivity index (χ0n) is 20.2. The number of halogens is 4. The van der Waals surface area contributed by atoms with Gasteiger partial charge in [0.1, 0.15) is 11.4 Å². The molecule has 0 atom stereocenters. The van der Waals surface area contributed by atoms with Crippen molar-refractivity contribution in [2.24, 2.45) is 5.73 Å². The zero-order valence-corrected chi connectivity index (χ0v) is 21.8. The number of nitrogens with two attached hydrogens (primary N) is 1. The summed E-state index contributed by atoms with van der Waals surface area (Å²) < 4.78 is 31.8. The van der Waals surface area contributed by atoms with Crippen LogP contribution in [0.2, 0.25) is 5.02 Å². The van der Waals surface area contributed by atoms with E-state index in [1.54, 1.807) is 24.3 Å². The second kappa shape index (κ2) is 11.9. The number of nitrogens with zero attached hydrogens (tertiary/aromatic N) is 4. The fraction of sp³-hybridized carbons (Fsp3) is 0.320. The van der Waals surface area contributed by atoms with Gasteiger partial charge in [-0.2, -0.15) is 13.9 Å². The molecule has 0 radical (unpaired) electrons. The van der Waals surface area contributed by atoms with Crippen molar-refractivity contribution in [1.29, 1.82) is 0 Å². The smallest absolute Gasteiger partial charge is 0.387 e. The number of piperidine rings is 1. The number of likely N-dealkylation sites (tertiary alicyclic amines) is 1. The molecule has 3 aromatic rings. The molecule has 2 amide bonds. The van der Waals surface area contributed by atoms with Gasteiger partial charge in [0.15, 0.2) is 0 Å². The Labute approximate surface area is 224 Å². The van der Waals surface area contributed by atoms with Gasteiger partial charge in [-0.3, -0.25) is 9.59 Å². The van der Waals surface area contributed by atoms with Crippen molar-refractivity contribution in [1.82, 2.24) is 19.6 Å². The van der Waals surface area contributed by atoms with E-state index in [9.17, 15) is 18.4 Å². The summed E-state index contributed by atoms with van der Waals surface area (Å²) in [6.07, 6.45) is 3.24. The molecule has 0 saturated carbocycles. The number of alkyl halides is 2. The molecular weight excluding hydrogens is 527 g/mol. The average Bonchev–Trinajstić information content (AvgIpc) is 3.30. The van der Waals surface area contributed by atoms with E-state index in [2.05, 4.69) is 14.7 Å². The van der Waals surface area contributed by atoms with Crippen LogP contribution in [0.15, 0.2) is 48.7 Å². The Kier molecular flexibility index (Phi) is 9.12. The summed E-state index contributed by atoms with van der Waals surface area (Å²) in [4.78, 5) is 29.1. The van der Waals surface area contributed by atoms with Crippen molar-refractivity contribution in [3.63, 3.8) is 0 Å². The summed E-state index contributed by atoms with van der Waals surface area (Å²) in [5.74, 6) is -1.04. The minimum Gasteiger partial charge on any atom is -0.434 e. The van der Waals surface area contributed by atoms with Crippen LogP contribution in [-0.2, 0) is 0 Å². The summed E-state index contributed by atoms with van der Waals surface area (Å²) in [6.45, 7) is -1.70. The third-order valence-corrected chi connectivity index (χ3v) is 6.49. The van der Waals surface area contributed by atoms with Gasteiger partial charge < -0.3 is 20.3 Å². The van der Waals surface area contributed by atoms with E-state index in [0.717, 1.165) is 12.8 Å². The van der Waals surface area contributed by atoms with Crippen LogP contribution in [-0.4, -0.2) is 71.2 Å². The lowest BCUT2D eigenvalue weighted by Gasteiger charge is -2.35. The molecule has 2 aromatic carbocycles. The van der Waals surface area contributed by atoms with Gasteiger partial charge in [0, 0.05) is 41.5 Å². The standard InChI is InChI=1S/C25H26ClF2N5O3.ClH/c1-31(2)17-9-11-32(12-10-17)24(35)15-3-6-18(7-4-15)33-14-20(23(29)34)22(30-33)19-13-16(26)5-8-21(19)36-25(27)28;/h3-8,13-14,17,25H,9-12H2,1-2H3,(H2,29,34);1H. The number of carbonyl (C=O) groups is 2. The lowest BCUT2D eigenvalue weighted by molar-refractivity contribution is -0.0494. The maximum atomic E-state index is 13.0. The van der Waals surface area contributed by atoms with Crippen LogP contribution in [0.25, 0.3) is 16.9 Å².